The Kier molecular flexibility index (Phi) is 4.61. The highest BCUT2D eigenvalue weighted by Gasteiger charge is 2.15. The molecule has 0 aliphatic carbocycles. The quantitative estimate of drug-likeness (QED) is 0.630. The van der Waals surface area contributed by atoms with Gasteiger partial charge in [0.1, 0.15) is 0 Å². The van der Waals surface area contributed by atoms with E-state index in [1.807, 2.05) is 43.4 Å². The molecular weight excluding hydrogens is 304 g/mol. The van der Waals surface area contributed by atoms with Crippen LogP contribution in [0.15, 0.2) is 60.7 Å². The van der Waals surface area contributed by atoms with Crippen LogP contribution in [0.5, 0.6) is 0 Å². The fraction of sp³-hybridized carbons (Fsp3) is 0.143. The van der Waals surface area contributed by atoms with Crippen LogP contribution in [0.4, 0.5) is 14.5 Å². The number of anilines is 1. The first-order chi connectivity index (χ1) is 11.6. The van der Waals surface area contributed by atoms with E-state index in [4.69, 9.17) is 0 Å². The first kappa shape index (κ1) is 16.2. The molecular formula is C21H19F2N. The molecule has 1 N–H and O–H groups in total. The number of nitrogens with one attached hydrogen (secondary N) is 1. The van der Waals surface area contributed by atoms with Crippen molar-refractivity contribution in [3.05, 3.63) is 77.9 Å². The van der Waals surface area contributed by atoms with Crippen molar-refractivity contribution in [2.45, 2.75) is 13.3 Å². The third kappa shape index (κ3) is 3.02. The van der Waals surface area contributed by atoms with E-state index in [-0.39, 0.29) is 11.1 Å². The lowest BCUT2D eigenvalue weighted by molar-refractivity contribution is 0.514. The molecule has 0 heterocycles. The molecule has 0 atom stereocenters. The van der Waals surface area contributed by atoms with Crippen LogP contribution in [-0.4, -0.2) is 7.05 Å². The molecule has 0 saturated heterocycles. The first-order valence-corrected chi connectivity index (χ1v) is 7.99. The van der Waals surface area contributed by atoms with Crippen LogP contribution >= 0.6 is 0 Å². The number of hydrogen-bond donors (Lipinski definition) is 1. The van der Waals surface area contributed by atoms with Gasteiger partial charge in [0, 0.05) is 23.9 Å². The first-order valence-electron chi connectivity index (χ1n) is 7.99. The minimum absolute atomic E-state index is 0.268. The SMILES string of the molecule is CCc1ccc(-c2ccc(-c3ccc(NC)cc3)c(F)c2F)cc1. The maximum absolute atomic E-state index is 14.6. The lowest BCUT2D eigenvalue weighted by Crippen LogP contribution is -1.95. The zero-order valence-electron chi connectivity index (χ0n) is 13.7. The van der Waals surface area contributed by atoms with Gasteiger partial charge in [0.25, 0.3) is 0 Å². The van der Waals surface area contributed by atoms with Gasteiger partial charge >= 0.3 is 0 Å². The molecule has 0 aliphatic rings. The summed E-state index contributed by atoms with van der Waals surface area (Å²) in [5.74, 6) is -1.63. The van der Waals surface area contributed by atoms with Crippen molar-refractivity contribution >= 4 is 5.69 Å². The van der Waals surface area contributed by atoms with Gasteiger partial charge in [-0.05, 0) is 35.2 Å². The molecule has 0 bridgehead atoms. The maximum atomic E-state index is 14.6. The van der Waals surface area contributed by atoms with Crippen molar-refractivity contribution in [1.29, 1.82) is 0 Å². The van der Waals surface area contributed by atoms with Crippen LogP contribution in [0.1, 0.15) is 12.5 Å². The molecule has 3 heteroatoms. The van der Waals surface area contributed by atoms with Crippen molar-refractivity contribution in [1.82, 2.24) is 0 Å². The Labute approximate surface area is 141 Å². The van der Waals surface area contributed by atoms with Crippen LogP contribution in [0.25, 0.3) is 22.3 Å². The van der Waals surface area contributed by atoms with Crippen molar-refractivity contribution in [2.75, 3.05) is 12.4 Å². The molecule has 24 heavy (non-hydrogen) atoms. The summed E-state index contributed by atoms with van der Waals surface area (Å²) in [6.45, 7) is 2.06. The number of halogens is 2. The summed E-state index contributed by atoms with van der Waals surface area (Å²) >= 11 is 0. The van der Waals surface area contributed by atoms with Crippen LogP contribution < -0.4 is 5.32 Å². The second-order valence-corrected chi connectivity index (χ2v) is 5.67. The lowest BCUT2D eigenvalue weighted by atomic mass is 9.98. The smallest absolute Gasteiger partial charge is 0.167 e. The van der Waals surface area contributed by atoms with Gasteiger partial charge in [-0.3, -0.25) is 0 Å². The zero-order valence-corrected chi connectivity index (χ0v) is 13.7. The molecule has 3 aromatic rings. The number of rotatable bonds is 4. The minimum atomic E-state index is -0.815. The summed E-state index contributed by atoms with van der Waals surface area (Å²) in [5, 5.41) is 3.00. The fourth-order valence-electron chi connectivity index (χ4n) is 2.73. The standard InChI is InChI=1S/C21H19F2N/c1-3-14-4-6-15(7-5-14)18-12-13-19(21(23)20(18)22)16-8-10-17(24-2)11-9-16/h4-13,24H,3H2,1-2H3. The summed E-state index contributed by atoms with van der Waals surface area (Å²) in [4.78, 5) is 0. The van der Waals surface area contributed by atoms with Gasteiger partial charge in [0.15, 0.2) is 11.6 Å². The predicted molar refractivity (Wildman–Crippen MR) is 96.2 cm³/mol. The van der Waals surface area contributed by atoms with E-state index < -0.39 is 11.6 Å². The predicted octanol–water partition coefficient (Wildman–Crippen LogP) is 5.90. The lowest BCUT2D eigenvalue weighted by Gasteiger charge is -2.10. The van der Waals surface area contributed by atoms with Crippen LogP contribution in [-0.2, 0) is 6.42 Å². The van der Waals surface area contributed by atoms with Crippen LogP contribution in [0.2, 0.25) is 0 Å². The van der Waals surface area contributed by atoms with Crippen molar-refractivity contribution in [2.24, 2.45) is 0 Å². The average Bonchev–Trinajstić information content (AvgIpc) is 2.64. The van der Waals surface area contributed by atoms with Crippen LogP contribution in [0, 0.1) is 11.6 Å². The Morgan fingerprint density at radius 1 is 0.708 bits per heavy atom. The Bertz CT molecular complexity index is 764. The number of aryl methyl sites for hydroxylation is 1. The van der Waals surface area contributed by atoms with Crippen molar-refractivity contribution in [3.8, 4) is 22.3 Å². The van der Waals surface area contributed by atoms with Gasteiger partial charge in [-0.1, -0.05) is 55.5 Å². The molecule has 0 spiro atoms. The second kappa shape index (κ2) is 6.83. The normalized spacial score (nSPS) is 10.7. The van der Waals surface area contributed by atoms with Crippen LogP contribution in [0.3, 0.4) is 0 Å². The van der Waals surface area contributed by atoms with Gasteiger partial charge in [-0.25, -0.2) is 8.78 Å². The molecule has 3 rings (SSSR count). The molecule has 122 valence electrons. The Balaban J connectivity index is 2.01. The second-order valence-electron chi connectivity index (χ2n) is 5.67. The van der Waals surface area contributed by atoms with Crippen molar-refractivity contribution < 1.29 is 8.78 Å². The topological polar surface area (TPSA) is 12.0 Å². The van der Waals surface area contributed by atoms with Gasteiger partial charge in [-0.15, -0.1) is 0 Å². The summed E-state index contributed by atoms with van der Waals surface area (Å²) in [5.41, 5.74) is 3.97. The molecule has 0 unspecified atom stereocenters. The van der Waals surface area contributed by atoms with Crippen molar-refractivity contribution in [3.63, 3.8) is 0 Å². The van der Waals surface area contributed by atoms with E-state index in [1.54, 1.807) is 24.3 Å². The summed E-state index contributed by atoms with van der Waals surface area (Å²) in [6.07, 6.45) is 0.915. The zero-order chi connectivity index (χ0) is 17.1. The average molecular weight is 323 g/mol. The number of hydrogen-bond acceptors (Lipinski definition) is 1. The molecule has 3 aromatic carbocycles. The van der Waals surface area contributed by atoms with Gasteiger partial charge in [-0.2, -0.15) is 0 Å². The highest BCUT2D eigenvalue weighted by atomic mass is 19.2. The van der Waals surface area contributed by atoms with Gasteiger partial charge in [0.2, 0.25) is 0 Å². The Morgan fingerprint density at radius 2 is 1.17 bits per heavy atom. The molecule has 0 saturated carbocycles. The molecule has 0 aliphatic heterocycles. The van der Waals surface area contributed by atoms with E-state index in [9.17, 15) is 8.78 Å². The monoisotopic (exact) mass is 323 g/mol. The summed E-state index contributed by atoms with van der Waals surface area (Å²) in [7, 11) is 1.81. The number of benzene rings is 3. The highest BCUT2D eigenvalue weighted by Crippen LogP contribution is 2.32. The van der Waals surface area contributed by atoms with E-state index in [0.29, 0.717) is 11.1 Å². The third-order valence-corrected chi connectivity index (χ3v) is 4.24. The molecule has 0 aromatic heterocycles. The third-order valence-electron chi connectivity index (χ3n) is 4.24. The molecule has 0 amide bonds. The Hall–Kier alpha value is -2.68. The molecule has 1 nitrogen and oxygen atoms in total. The van der Waals surface area contributed by atoms with E-state index in [1.165, 1.54) is 5.56 Å². The fourth-order valence-corrected chi connectivity index (χ4v) is 2.73. The summed E-state index contributed by atoms with van der Waals surface area (Å²) in [6, 6.07) is 18.0. The molecule has 0 fully saturated rings. The largest absolute Gasteiger partial charge is 0.388 e. The molecule has 0 radical (unpaired) electrons. The highest BCUT2D eigenvalue weighted by molar-refractivity contribution is 5.72. The van der Waals surface area contributed by atoms with Gasteiger partial charge < -0.3 is 5.32 Å². The van der Waals surface area contributed by atoms with E-state index in [0.717, 1.165) is 12.1 Å². The maximum Gasteiger partial charge on any atom is 0.167 e. The Morgan fingerprint density at radius 3 is 1.58 bits per heavy atom. The van der Waals surface area contributed by atoms with E-state index in [2.05, 4.69) is 12.2 Å². The van der Waals surface area contributed by atoms with Gasteiger partial charge in [0.05, 0.1) is 0 Å². The summed E-state index contributed by atoms with van der Waals surface area (Å²) < 4.78 is 29.1. The van der Waals surface area contributed by atoms with E-state index >= 15 is 0 Å². The minimum Gasteiger partial charge on any atom is -0.388 e.